The molecule has 2 saturated heterocycles. The first-order valence-electron chi connectivity index (χ1n) is 8.42. The summed E-state index contributed by atoms with van der Waals surface area (Å²) in [6.45, 7) is 2.81. The molecule has 14 heteroatoms. The van der Waals surface area contributed by atoms with Crippen LogP contribution in [0.4, 0.5) is 0 Å². The lowest BCUT2D eigenvalue weighted by atomic mass is 9.95. The summed E-state index contributed by atoms with van der Waals surface area (Å²) in [5.74, 6) is -4.48. The molecule has 1 unspecified atom stereocenters. The van der Waals surface area contributed by atoms with Crippen molar-refractivity contribution in [2.45, 2.75) is 43.4 Å². The standard InChI is InChI=1S/C15H18N4O9S/c1-7(20)27-12-13(28-8(2)21)19(4,17-16-12)6-15(3)11(14(23)24)18-9(22)5-10(18)29(15,25)26/h10-11H,5-6H2,1-4H3/p+1/t10-,11-,15-,19?/m0/s1. The van der Waals surface area contributed by atoms with Crippen molar-refractivity contribution < 1.29 is 46.8 Å². The van der Waals surface area contributed by atoms with E-state index in [4.69, 9.17) is 9.47 Å². The Kier molecular flexibility index (Phi) is 4.54. The van der Waals surface area contributed by atoms with Gasteiger partial charge in [0.1, 0.15) is 19.0 Å². The van der Waals surface area contributed by atoms with E-state index in [0.29, 0.717) is 0 Å². The number of ether oxygens (including phenoxy) is 2. The van der Waals surface area contributed by atoms with Crippen LogP contribution >= 0.6 is 0 Å². The van der Waals surface area contributed by atoms with Crippen molar-refractivity contribution in [1.82, 2.24) is 4.90 Å². The van der Waals surface area contributed by atoms with E-state index >= 15 is 0 Å². The number of esters is 2. The van der Waals surface area contributed by atoms with Gasteiger partial charge in [-0.05, 0) is 6.92 Å². The Labute approximate surface area is 165 Å². The maximum absolute atomic E-state index is 13.1. The Morgan fingerprint density at radius 3 is 2.34 bits per heavy atom. The van der Waals surface area contributed by atoms with E-state index in [9.17, 15) is 32.7 Å². The molecule has 0 aliphatic carbocycles. The Morgan fingerprint density at radius 2 is 1.86 bits per heavy atom. The summed E-state index contributed by atoms with van der Waals surface area (Å²) in [7, 11) is -2.82. The van der Waals surface area contributed by atoms with Gasteiger partial charge in [-0.2, -0.15) is 0 Å². The van der Waals surface area contributed by atoms with Crippen molar-refractivity contribution in [3.8, 4) is 0 Å². The first kappa shape index (κ1) is 20.9. The van der Waals surface area contributed by atoms with Crippen molar-refractivity contribution in [1.29, 1.82) is 0 Å². The van der Waals surface area contributed by atoms with Crippen LogP contribution in [0.5, 0.6) is 0 Å². The maximum Gasteiger partial charge on any atom is 0.394 e. The van der Waals surface area contributed by atoms with Crippen LogP contribution in [0.25, 0.3) is 0 Å². The first-order chi connectivity index (χ1) is 13.2. The molecule has 158 valence electrons. The van der Waals surface area contributed by atoms with Crippen molar-refractivity contribution in [3.63, 3.8) is 0 Å². The number of amides is 1. The van der Waals surface area contributed by atoms with E-state index in [1.807, 2.05) is 0 Å². The van der Waals surface area contributed by atoms with E-state index in [1.165, 1.54) is 14.0 Å². The van der Waals surface area contributed by atoms with Crippen LogP contribution in [-0.2, 0) is 38.5 Å². The van der Waals surface area contributed by atoms with Crippen molar-refractivity contribution in [2.24, 2.45) is 10.3 Å². The monoisotopic (exact) mass is 431 g/mol. The van der Waals surface area contributed by atoms with Gasteiger partial charge in [-0.15, -0.1) is 4.59 Å². The molecule has 1 N–H and O–H groups in total. The van der Waals surface area contributed by atoms with Crippen LogP contribution in [0.15, 0.2) is 22.1 Å². The van der Waals surface area contributed by atoms with Gasteiger partial charge in [0.2, 0.25) is 5.91 Å². The van der Waals surface area contributed by atoms with Crippen LogP contribution in [0.1, 0.15) is 27.2 Å². The van der Waals surface area contributed by atoms with E-state index < -0.39 is 66.8 Å². The van der Waals surface area contributed by atoms with Gasteiger partial charge in [-0.25, -0.2) is 13.2 Å². The van der Waals surface area contributed by atoms with Gasteiger partial charge in [-0.1, -0.05) is 5.11 Å². The van der Waals surface area contributed by atoms with Crippen LogP contribution in [-0.4, -0.2) is 76.6 Å². The molecule has 0 aromatic carbocycles. The minimum absolute atomic E-state index is 0.307. The summed E-state index contributed by atoms with van der Waals surface area (Å²) < 4.78 is 33.4. The number of carbonyl (C=O) groups is 4. The maximum atomic E-state index is 13.1. The minimum atomic E-state index is -4.14. The Balaban J connectivity index is 2.08. The van der Waals surface area contributed by atoms with Gasteiger partial charge < -0.3 is 19.5 Å². The van der Waals surface area contributed by atoms with Gasteiger partial charge in [0.15, 0.2) is 20.6 Å². The van der Waals surface area contributed by atoms with Crippen LogP contribution < -0.4 is 0 Å². The average molecular weight is 431 g/mol. The number of rotatable bonds is 5. The molecule has 2 fully saturated rings. The van der Waals surface area contributed by atoms with E-state index in [-0.39, 0.29) is 12.3 Å². The Morgan fingerprint density at radius 1 is 1.28 bits per heavy atom. The lowest BCUT2D eigenvalue weighted by Gasteiger charge is -2.36. The third-order valence-corrected chi connectivity index (χ3v) is 7.86. The molecule has 0 radical (unpaired) electrons. The molecule has 1 amide bonds. The number of carbonyl (C=O) groups excluding carboxylic acids is 3. The van der Waals surface area contributed by atoms with Crippen LogP contribution in [0, 0.1) is 0 Å². The molecule has 0 spiro atoms. The molecular weight excluding hydrogens is 412 g/mol. The second-order valence-electron chi connectivity index (χ2n) is 7.34. The molecule has 3 aliphatic rings. The van der Waals surface area contributed by atoms with Gasteiger partial charge >= 0.3 is 29.7 Å². The van der Waals surface area contributed by atoms with E-state index in [1.54, 1.807) is 0 Å². The van der Waals surface area contributed by atoms with Crippen LogP contribution in [0.3, 0.4) is 0 Å². The number of hydrogen-bond acceptors (Lipinski definition) is 10. The highest BCUT2D eigenvalue weighted by Gasteiger charge is 2.73. The summed E-state index contributed by atoms with van der Waals surface area (Å²) in [6, 6.07) is -1.67. The Bertz CT molecular complexity index is 1000. The number of nitrogens with zero attached hydrogens (tertiary/aromatic N) is 4. The molecule has 3 aliphatic heterocycles. The number of carboxylic acids is 1. The lowest BCUT2D eigenvalue weighted by Crippen LogP contribution is -2.60. The van der Waals surface area contributed by atoms with E-state index in [0.717, 1.165) is 18.7 Å². The summed E-state index contributed by atoms with van der Waals surface area (Å²) >= 11 is 0. The SMILES string of the molecule is CC(=O)OC1=C(OC(C)=O)[N+](C)(C[C@@]2(C)[C@H](C(=O)O)N3C(=O)C[C@@H]3S2(=O)=O)N=N1. The predicted molar refractivity (Wildman–Crippen MR) is 90.5 cm³/mol. The summed E-state index contributed by atoms with van der Waals surface area (Å²) in [6.07, 6.45) is -0.307. The number of quaternary nitrogens is 1. The molecule has 13 nitrogen and oxygen atoms in total. The Hall–Kier alpha value is -2.87. The molecule has 29 heavy (non-hydrogen) atoms. The molecule has 0 aromatic rings. The smallest absolute Gasteiger partial charge is 0.394 e. The van der Waals surface area contributed by atoms with Crippen molar-refractivity contribution in [3.05, 3.63) is 11.8 Å². The topological polar surface area (TPSA) is 169 Å². The number of sulfone groups is 1. The molecule has 4 atom stereocenters. The van der Waals surface area contributed by atoms with Crippen LogP contribution in [0.2, 0.25) is 0 Å². The zero-order valence-corrected chi connectivity index (χ0v) is 16.8. The van der Waals surface area contributed by atoms with Crippen molar-refractivity contribution in [2.75, 3.05) is 13.6 Å². The summed E-state index contributed by atoms with van der Waals surface area (Å²) in [5, 5.41) is 16.0. The minimum Gasteiger partial charge on any atom is -0.480 e. The third kappa shape index (κ3) is 2.90. The van der Waals surface area contributed by atoms with E-state index in [2.05, 4.69) is 10.3 Å². The first-order valence-corrected chi connectivity index (χ1v) is 9.97. The number of aliphatic carboxylic acids is 1. The largest absolute Gasteiger partial charge is 0.480 e. The zero-order valence-electron chi connectivity index (χ0n) is 16.0. The second-order valence-corrected chi connectivity index (χ2v) is 9.91. The molecule has 0 saturated carbocycles. The fourth-order valence-corrected chi connectivity index (χ4v) is 6.39. The fourth-order valence-electron chi connectivity index (χ4n) is 3.91. The fraction of sp³-hybridized carbons (Fsp3) is 0.600. The second kappa shape index (κ2) is 6.32. The molecule has 3 rings (SSSR count). The molecular formula is C15H19N4O9S+. The highest BCUT2D eigenvalue weighted by molar-refractivity contribution is 7.94. The van der Waals surface area contributed by atoms with Gasteiger partial charge in [0, 0.05) is 19.1 Å². The molecule has 0 aromatic heterocycles. The summed E-state index contributed by atoms with van der Waals surface area (Å²) in [4.78, 5) is 47.5. The number of carboxylic acid groups (broad SMARTS) is 1. The summed E-state index contributed by atoms with van der Waals surface area (Å²) in [5.41, 5.74) is 0. The zero-order chi connectivity index (χ0) is 21.9. The third-order valence-electron chi connectivity index (χ3n) is 5.10. The highest BCUT2D eigenvalue weighted by Crippen LogP contribution is 2.48. The quantitative estimate of drug-likeness (QED) is 0.335. The molecule has 0 bridgehead atoms. The van der Waals surface area contributed by atoms with Crippen molar-refractivity contribution >= 4 is 33.7 Å². The average Bonchev–Trinajstić information content (AvgIpc) is 2.90. The predicted octanol–water partition coefficient (Wildman–Crippen LogP) is -0.735. The van der Waals surface area contributed by atoms with Gasteiger partial charge in [0.05, 0.1) is 6.42 Å². The number of hydrogen-bond donors (Lipinski definition) is 1. The van der Waals surface area contributed by atoms with Gasteiger partial charge in [0.25, 0.3) is 0 Å². The molecule has 3 heterocycles. The number of fused-ring (bicyclic) bond motifs is 1. The lowest BCUT2D eigenvalue weighted by molar-refractivity contribution is -0.895. The number of β-lactam (4-membered cyclic amide) rings is 1. The highest BCUT2D eigenvalue weighted by atomic mass is 32.2. The normalized spacial score (nSPS) is 34.6. The van der Waals surface area contributed by atoms with Gasteiger partial charge in [-0.3, -0.25) is 14.4 Å².